The average molecular weight is 203 g/mol. The summed E-state index contributed by atoms with van der Waals surface area (Å²) in [6, 6.07) is 1.18. The van der Waals surface area contributed by atoms with Crippen molar-refractivity contribution in [1.29, 1.82) is 0 Å². The Labute approximate surface area is 75.6 Å². The third kappa shape index (κ3) is 1.89. The molecule has 0 fully saturated rings. The van der Waals surface area contributed by atoms with Crippen molar-refractivity contribution in [3.8, 4) is 11.8 Å². The van der Waals surface area contributed by atoms with Crippen molar-refractivity contribution in [3.63, 3.8) is 0 Å². The Morgan fingerprint density at radius 3 is 2.31 bits per heavy atom. The minimum Gasteiger partial charge on any atom is -0.493 e. The lowest BCUT2D eigenvalue weighted by atomic mass is 10.3. The lowest BCUT2D eigenvalue weighted by Gasteiger charge is -2.04. The molecule has 0 saturated carbocycles. The van der Waals surface area contributed by atoms with Crippen LogP contribution in [0.2, 0.25) is 0 Å². The van der Waals surface area contributed by atoms with E-state index >= 15 is 0 Å². The monoisotopic (exact) mass is 203 g/mol. The molecule has 72 valence electrons. The second-order valence-corrected chi connectivity index (χ2v) is 4.67. The minimum absolute atomic E-state index is 0.245. The summed E-state index contributed by atoms with van der Waals surface area (Å²) in [5, 5.41) is 18.1. The van der Waals surface area contributed by atoms with Crippen LogP contribution in [0, 0.1) is 6.92 Å². The second-order valence-electron chi connectivity index (χ2n) is 2.72. The first-order valence-electron chi connectivity index (χ1n) is 3.42. The van der Waals surface area contributed by atoms with E-state index in [9.17, 15) is 8.42 Å². The molecule has 0 unspecified atom stereocenters. The highest BCUT2D eigenvalue weighted by atomic mass is 32.2. The summed E-state index contributed by atoms with van der Waals surface area (Å²) >= 11 is 0. The molecule has 0 radical (unpaired) electrons. The number of sulfone groups is 1. The van der Waals surface area contributed by atoms with Gasteiger partial charge < -0.3 is 10.2 Å². The van der Waals surface area contributed by atoms with E-state index in [2.05, 4.69) is 4.98 Å². The fourth-order valence-electron chi connectivity index (χ4n) is 1.09. The van der Waals surface area contributed by atoms with Crippen molar-refractivity contribution in [3.05, 3.63) is 11.6 Å². The van der Waals surface area contributed by atoms with E-state index in [1.807, 2.05) is 0 Å². The van der Waals surface area contributed by atoms with Crippen LogP contribution in [0.3, 0.4) is 0 Å². The molecule has 0 bridgehead atoms. The molecule has 0 aliphatic carbocycles. The lowest BCUT2D eigenvalue weighted by Crippen LogP contribution is -2.01. The van der Waals surface area contributed by atoms with Crippen LogP contribution < -0.4 is 0 Å². The van der Waals surface area contributed by atoms with Gasteiger partial charge >= 0.3 is 0 Å². The van der Waals surface area contributed by atoms with Crippen LogP contribution in [0.25, 0.3) is 0 Å². The van der Waals surface area contributed by atoms with Crippen LogP contribution in [-0.2, 0) is 9.84 Å². The molecule has 1 aromatic rings. The zero-order valence-corrected chi connectivity index (χ0v) is 7.96. The number of rotatable bonds is 1. The fraction of sp³-hybridized carbons (Fsp3) is 0.286. The van der Waals surface area contributed by atoms with Crippen LogP contribution >= 0.6 is 0 Å². The van der Waals surface area contributed by atoms with Gasteiger partial charge in [0.1, 0.15) is 4.90 Å². The number of pyridine rings is 1. The van der Waals surface area contributed by atoms with Crippen molar-refractivity contribution in [2.24, 2.45) is 0 Å². The second kappa shape index (κ2) is 2.88. The third-order valence-corrected chi connectivity index (χ3v) is 2.74. The normalized spacial score (nSPS) is 11.5. The maximum atomic E-state index is 11.1. The van der Waals surface area contributed by atoms with Gasteiger partial charge in [-0.3, -0.25) is 0 Å². The fourth-order valence-corrected chi connectivity index (χ4v) is 2.11. The van der Waals surface area contributed by atoms with Crippen LogP contribution in [0.5, 0.6) is 11.8 Å². The Morgan fingerprint density at radius 2 is 1.92 bits per heavy atom. The van der Waals surface area contributed by atoms with Crippen LogP contribution in [0.1, 0.15) is 5.56 Å². The van der Waals surface area contributed by atoms with Gasteiger partial charge in [0.05, 0.1) is 0 Å². The largest absolute Gasteiger partial charge is 0.493 e. The zero-order chi connectivity index (χ0) is 10.2. The number of hydrogen-bond donors (Lipinski definition) is 2. The maximum Gasteiger partial charge on any atom is 0.233 e. The smallest absolute Gasteiger partial charge is 0.233 e. The molecule has 5 nitrogen and oxygen atoms in total. The molecule has 2 N–H and O–H groups in total. The molecule has 0 aromatic carbocycles. The minimum atomic E-state index is -3.50. The van der Waals surface area contributed by atoms with Crippen LogP contribution in [0.15, 0.2) is 11.0 Å². The molecule has 1 rings (SSSR count). The number of aromatic hydroxyl groups is 2. The lowest BCUT2D eigenvalue weighted by molar-refractivity contribution is 0.401. The molecular formula is C7H9NO4S. The molecule has 13 heavy (non-hydrogen) atoms. The molecule has 0 aliphatic heterocycles. The Morgan fingerprint density at radius 1 is 1.38 bits per heavy atom. The molecule has 0 atom stereocenters. The Balaban J connectivity index is 3.57. The van der Waals surface area contributed by atoms with Gasteiger partial charge in [0.15, 0.2) is 9.84 Å². The third-order valence-electron chi connectivity index (χ3n) is 1.50. The molecule has 6 heteroatoms. The highest BCUT2D eigenvalue weighted by molar-refractivity contribution is 7.90. The van der Waals surface area contributed by atoms with Gasteiger partial charge in [-0.05, 0) is 12.5 Å². The van der Waals surface area contributed by atoms with Crippen LogP contribution in [-0.4, -0.2) is 29.9 Å². The van der Waals surface area contributed by atoms with E-state index < -0.39 is 21.6 Å². The van der Waals surface area contributed by atoms with Crippen molar-refractivity contribution in [1.82, 2.24) is 4.98 Å². The molecule has 0 amide bonds. The molecule has 0 saturated heterocycles. The highest BCUT2D eigenvalue weighted by Crippen LogP contribution is 2.26. The topological polar surface area (TPSA) is 87.5 Å². The first kappa shape index (κ1) is 9.79. The van der Waals surface area contributed by atoms with Gasteiger partial charge in [-0.1, -0.05) is 0 Å². The molecule has 0 aliphatic rings. The van der Waals surface area contributed by atoms with Crippen LogP contribution in [0.4, 0.5) is 0 Å². The summed E-state index contributed by atoms with van der Waals surface area (Å²) in [5.41, 5.74) is 0.271. The Hall–Kier alpha value is -1.30. The van der Waals surface area contributed by atoms with Gasteiger partial charge in [0, 0.05) is 12.3 Å². The van der Waals surface area contributed by atoms with Crippen molar-refractivity contribution >= 4 is 9.84 Å². The van der Waals surface area contributed by atoms with E-state index in [1.54, 1.807) is 0 Å². The molecule has 1 heterocycles. The summed E-state index contributed by atoms with van der Waals surface area (Å²) in [6.45, 7) is 1.47. The van der Waals surface area contributed by atoms with Gasteiger partial charge in [0.2, 0.25) is 11.8 Å². The maximum absolute atomic E-state index is 11.1. The number of nitrogens with zero attached hydrogens (tertiary/aromatic N) is 1. The van der Waals surface area contributed by atoms with Crippen molar-refractivity contribution in [2.75, 3.05) is 6.26 Å². The quantitative estimate of drug-likeness (QED) is 0.681. The van der Waals surface area contributed by atoms with E-state index in [0.717, 1.165) is 6.26 Å². The number of aromatic nitrogens is 1. The van der Waals surface area contributed by atoms with Gasteiger partial charge in [-0.25, -0.2) is 8.42 Å². The van der Waals surface area contributed by atoms with Crippen molar-refractivity contribution in [2.45, 2.75) is 11.8 Å². The first-order chi connectivity index (χ1) is 5.82. The van der Waals surface area contributed by atoms with E-state index in [-0.39, 0.29) is 10.5 Å². The van der Waals surface area contributed by atoms with E-state index in [0.29, 0.717) is 0 Å². The highest BCUT2D eigenvalue weighted by Gasteiger charge is 2.18. The van der Waals surface area contributed by atoms with Crippen molar-refractivity contribution < 1.29 is 18.6 Å². The summed E-state index contributed by atoms with van der Waals surface area (Å²) in [7, 11) is -3.50. The standard InChI is InChI=1S/C7H9NO4S/c1-4-3-5(9)8-7(10)6(4)13(2,11)12/h3H,1-2H3,(H2,8,9,10). The average Bonchev–Trinajstić information content (AvgIpc) is 1.78. The summed E-state index contributed by atoms with van der Waals surface area (Å²) in [6.07, 6.45) is 0.966. The van der Waals surface area contributed by atoms with Gasteiger partial charge in [-0.2, -0.15) is 4.98 Å². The molecule has 1 aromatic heterocycles. The summed E-state index contributed by atoms with van der Waals surface area (Å²) in [5.74, 6) is -1.07. The van der Waals surface area contributed by atoms with E-state index in [1.165, 1.54) is 13.0 Å². The molecule has 0 spiro atoms. The van der Waals surface area contributed by atoms with Gasteiger partial charge in [0.25, 0.3) is 0 Å². The Kier molecular flexibility index (Phi) is 2.17. The molecular weight excluding hydrogens is 194 g/mol. The predicted molar refractivity (Wildman–Crippen MR) is 45.4 cm³/mol. The summed E-state index contributed by atoms with van der Waals surface area (Å²) in [4.78, 5) is 2.99. The van der Waals surface area contributed by atoms with Gasteiger partial charge in [-0.15, -0.1) is 0 Å². The Bertz CT molecular complexity index is 415. The zero-order valence-electron chi connectivity index (χ0n) is 7.14. The van der Waals surface area contributed by atoms with E-state index in [4.69, 9.17) is 10.2 Å². The SMILES string of the molecule is Cc1cc(O)nc(O)c1S(C)(=O)=O. The number of hydrogen-bond acceptors (Lipinski definition) is 5. The summed E-state index contributed by atoms with van der Waals surface area (Å²) < 4.78 is 22.2. The number of aryl methyl sites for hydroxylation is 1. The first-order valence-corrected chi connectivity index (χ1v) is 5.31. The predicted octanol–water partition coefficient (Wildman–Crippen LogP) is 0.205.